The molecule has 0 saturated heterocycles. The number of nitrogens with zero attached hydrogens (tertiary/aromatic N) is 2. The maximum atomic E-state index is 12.9. The van der Waals surface area contributed by atoms with E-state index in [-0.39, 0.29) is 12.1 Å². The van der Waals surface area contributed by atoms with Crippen molar-refractivity contribution in [2.45, 2.75) is 13.1 Å². The lowest BCUT2D eigenvalue weighted by atomic mass is 10.1. The Morgan fingerprint density at radius 2 is 1.84 bits per heavy atom. The fraction of sp³-hybridized carbons (Fsp3) is 0.250. The van der Waals surface area contributed by atoms with Crippen LogP contribution in [0.1, 0.15) is 22.8 Å². The van der Waals surface area contributed by atoms with Gasteiger partial charge in [-0.1, -0.05) is 12.1 Å². The zero-order valence-electron chi connectivity index (χ0n) is 18.0. The molecule has 4 rings (SSSR count). The molecule has 0 aliphatic carbocycles. The molecule has 1 atom stereocenters. The van der Waals surface area contributed by atoms with E-state index in [2.05, 4.69) is 35.5 Å². The lowest BCUT2D eigenvalue weighted by Gasteiger charge is -2.21. The molecule has 2 aliphatic heterocycles. The van der Waals surface area contributed by atoms with Gasteiger partial charge in [-0.15, -0.1) is 0 Å². The number of anilines is 1. The molecule has 0 saturated carbocycles. The first-order valence-electron chi connectivity index (χ1n) is 9.93. The van der Waals surface area contributed by atoms with Crippen molar-refractivity contribution in [1.29, 1.82) is 0 Å². The minimum Gasteiger partial charge on any atom is -0.493 e. The summed E-state index contributed by atoms with van der Waals surface area (Å²) in [5.41, 5.74) is 4.27. The zero-order chi connectivity index (χ0) is 22.0. The molecule has 2 aromatic carbocycles. The van der Waals surface area contributed by atoms with Gasteiger partial charge < -0.3 is 24.4 Å². The largest absolute Gasteiger partial charge is 0.493 e. The number of hydrogen-bond acceptors (Lipinski definition) is 6. The van der Waals surface area contributed by atoms with E-state index in [1.165, 1.54) is 26.9 Å². The summed E-state index contributed by atoms with van der Waals surface area (Å²) in [6.07, 6.45) is 6.34. The topological polar surface area (TPSA) is 72.4 Å². The third-order valence-electron chi connectivity index (χ3n) is 5.28. The number of ether oxygens (including phenoxy) is 3. The molecule has 160 valence electrons. The number of hydrogen-bond donors (Lipinski definition) is 1. The lowest BCUT2D eigenvalue weighted by molar-refractivity contribution is 0.102. The van der Waals surface area contributed by atoms with Crippen molar-refractivity contribution in [2.24, 2.45) is 4.99 Å². The summed E-state index contributed by atoms with van der Waals surface area (Å²) in [7, 11) is 4.56. The minimum atomic E-state index is -0.274. The minimum absolute atomic E-state index is 0.0393. The third-order valence-corrected chi connectivity index (χ3v) is 5.28. The van der Waals surface area contributed by atoms with Crippen molar-refractivity contribution in [3.05, 3.63) is 71.5 Å². The van der Waals surface area contributed by atoms with Crippen molar-refractivity contribution in [1.82, 2.24) is 4.90 Å². The van der Waals surface area contributed by atoms with Crippen molar-refractivity contribution >= 4 is 17.3 Å². The Morgan fingerprint density at radius 3 is 2.52 bits per heavy atom. The number of allylic oxidation sites excluding steroid dienone is 2. The number of carbonyl (C=O) groups is 1. The molecule has 0 fully saturated rings. The summed E-state index contributed by atoms with van der Waals surface area (Å²) in [5, 5.41) is 2.95. The van der Waals surface area contributed by atoms with E-state index < -0.39 is 0 Å². The number of amides is 1. The van der Waals surface area contributed by atoms with Crippen molar-refractivity contribution < 1.29 is 19.0 Å². The van der Waals surface area contributed by atoms with Gasteiger partial charge in [0.05, 0.1) is 33.6 Å². The average Bonchev–Trinajstić information content (AvgIpc) is 3.21. The maximum Gasteiger partial charge on any atom is 0.255 e. The highest BCUT2D eigenvalue weighted by atomic mass is 16.5. The van der Waals surface area contributed by atoms with Crippen LogP contribution in [0.2, 0.25) is 0 Å². The Morgan fingerprint density at radius 1 is 1.10 bits per heavy atom. The van der Waals surface area contributed by atoms with E-state index in [1.807, 2.05) is 24.3 Å². The fourth-order valence-corrected chi connectivity index (χ4v) is 3.68. The van der Waals surface area contributed by atoms with Crippen LogP contribution in [0.3, 0.4) is 0 Å². The Labute approximate surface area is 181 Å². The first kappa shape index (κ1) is 20.5. The molecular formula is C24H25N3O4. The van der Waals surface area contributed by atoms with Crippen LogP contribution in [0.25, 0.3) is 0 Å². The molecule has 7 heteroatoms. The molecule has 0 bridgehead atoms. The van der Waals surface area contributed by atoms with Gasteiger partial charge in [-0.3, -0.25) is 9.79 Å². The Kier molecular flexibility index (Phi) is 5.66. The van der Waals surface area contributed by atoms with Crippen LogP contribution in [0, 0.1) is 0 Å². The van der Waals surface area contributed by atoms with Crippen LogP contribution in [-0.4, -0.2) is 50.6 Å². The Balaban J connectivity index is 1.55. The molecule has 31 heavy (non-hydrogen) atoms. The van der Waals surface area contributed by atoms with Crippen LogP contribution in [0.5, 0.6) is 17.2 Å². The average molecular weight is 419 g/mol. The van der Waals surface area contributed by atoms with Gasteiger partial charge >= 0.3 is 0 Å². The molecule has 2 aromatic rings. The molecule has 0 aromatic heterocycles. The SMILES string of the molecule is COc1cc(C(=O)Nc2cccc(C3=NC4C=C(C)C=CN4C3)c2)cc(OC)c1OC. The maximum absolute atomic E-state index is 12.9. The smallest absolute Gasteiger partial charge is 0.255 e. The molecular weight excluding hydrogens is 394 g/mol. The first-order valence-corrected chi connectivity index (χ1v) is 9.93. The van der Waals surface area contributed by atoms with Crippen LogP contribution < -0.4 is 19.5 Å². The highest BCUT2D eigenvalue weighted by molar-refractivity contribution is 6.07. The zero-order valence-corrected chi connectivity index (χ0v) is 18.0. The van der Waals surface area contributed by atoms with Gasteiger partial charge in [0.25, 0.3) is 5.91 Å². The van der Waals surface area contributed by atoms with E-state index in [9.17, 15) is 4.79 Å². The van der Waals surface area contributed by atoms with Gasteiger partial charge in [0.2, 0.25) is 5.75 Å². The summed E-state index contributed by atoms with van der Waals surface area (Å²) in [5.74, 6) is 1.02. The normalized spacial score (nSPS) is 16.9. The summed E-state index contributed by atoms with van der Waals surface area (Å²) < 4.78 is 16.0. The van der Waals surface area contributed by atoms with E-state index >= 15 is 0 Å². The highest BCUT2D eigenvalue weighted by Gasteiger charge is 2.25. The second-order valence-electron chi connectivity index (χ2n) is 7.34. The monoisotopic (exact) mass is 419 g/mol. The number of rotatable bonds is 6. The van der Waals surface area contributed by atoms with Gasteiger partial charge in [-0.2, -0.15) is 0 Å². The van der Waals surface area contributed by atoms with Gasteiger partial charge in [0.1, 0.15) is 6.17 Å². The highest BCUT2D eigenvalue weighted by Crippen LogP contribution is 2.38. The number of benzene rings is 2. The number of carbonyl (C=O) groups excluding carboxylic acids is 1. The Bertz CT molecular complexity index is 1080. The van der Waals surface area contributed by atoms with E-state index in [0.717, 1.165) is 17.8 Å². The molecule has 7 nitrogen and oxygen atoms in total. The van der Waals surface area contributed by atoms with Crippen LogP contribution in [-0.2, 0) is 0 Å². The van der Waals surface area contributed by atoms with Gasteiger partial charge in [0, 0.05) is 17.5 Å². The first-order chi connectivity index (χ1) is 15.0. The predicted molar refractivity (Wildman–Crippen MR) is 120 cm³/mol. The van der Waals surface area contributed by atoms with Crippen molar-refractivity contribution in [3.63, 3.8) is 0 Å². The quantitative estimate of drug-likeness (QED) is 0.770. The number of nitrogens with one attached hydrogen (secondary N) is 1. The van der Waals surface area contributed by atoms with Crippen molar-refractivity contribution in [2.75, 3.05) is 33.2 Å². The molecule has 2 aliphatic rings. The molecule has 2 heterocycles. The lowest BCUT2D eigenvalue weighted by Crippen LogP contribution is -2.26. The standard InChI is InChI=1S/C24H25N3O4/c1-15-8-9-27-14-19(26-22(27)10-15)16-6-5-7-18(11-16)25-24(28)17-12-20(29-2)23(31-4)21(13-17)30-3/h5-13,22H,14H2,1-4H3,(H,25,28). The fourth-order valence-electron chi connectivity index (χ4n) is 3.68. The number of fused-ring (bicyclic) bond motifs is 1. The van der Waals surface area contributed by atoms with E-state index in [1.54, 1.807) is 12.1 Å². The Hall–Kier alpha value is -3.74. The van der Waals surface area contributed by atoms with Crippen LogP contribution in [0.4, 0.5) is 5.69 Å². The summed E-state index contributed by atoms with van der Waals surface area (Å²) in [6.45, 7) is 2.80. The molecule has 0 spiro atoms. The summed E-state index contributed by atoms with van der Waals surface area (Å²) in [6, 6.07) is 11.0. The summed E-state index contributed by atoms with van der Waals surface area (Å²) >= 11 is 0. The molecule has 1 amide bonds. The van der Waals surface area contributed by atoms with Gasteiger partial charge in [-0.05, 0) is 54.5 Å². The second kappa shape index (κ2) is 8.55. The van der Waals surface area contributed by atoms with Gasteiger partial charge in [0.15, 0.2) is 11.5 Å². The van der Waals surface area contributed by atoms with E-state index in [0.29, 0.717) is 28.5 Å². The second-order valence-corrected chi connectivity index (χ2v) is 7.34. The van der Waals surface area contributed by atoms with Gasteiger partial charge in [-0.25, -0.2) is 0 Å². The molecule has 1 N–H and O–H groups in total. The predicted octanol–water partition coefficient (Wildman–Crippen LogP) is 3.87. The summed E-state index contributed by atoms with van der Waals surface area (Å²) in [4.78, 5) is 19.9. The number of methoxy groups -OCH3 is 3. The van der Waals surface area contributed by atoms with Crippen LogP contribution >= 0.6 is 0 Å². The van der Waals surface area contributed by atoms with Crippen molar-refractivity contribution in [3.8, 4) is 17.2 Å². The third kappa shape index (κ3) is 4.12. The number of aliphatic imine (C=N–C) groups is 1. The van der Waals surface area contributed by atoms with Crippen LogP contribution in [0.15, 0.2) is 65.3 Å². The van der Waals surface area contributed by atoms with E-state index in [4.69, 9.17) is 19.2 Å². The molecule has 1 unspecified atom stereocenters. The molecule has 0 radical (unpaired) electrons.